The SMILES string of the molecule is COC(=O)CC1=C(C(=O)OC)C(c2cccc(N(C(N)=O)c3ccc(Cl)c(C(F)(F)F)c3)c2)C(C#N)=C(N)O1. The van der Waals surface area contributed by atoms with Crippen LogP contribution in [0.15, 0.2) is 65.3 Å². The van der Waals surface area contributed by atoms with Gasteiger partial charge in [-0.2, -0.15) is 18.4 Å². The number of allylic oxidation sites excluding steroid dienone is 1. The van der Waals surface area contributed by atoms with Gasteiger partial charge in [0.25, 0.3) is 0 Å². The molecule has 1 aliphatic heterocycles. The Morgan fingerprint density at radius 3 is 2.36 bits per heavy atom. The first-order chi connectivity index (χ1) is 18.3. The second-order valence-corrected chi connectivity index (χ2v) is 8.34. The Hall–Kier alpha value is -4.70. The first-order valence-corrected chi connectivity index (χ1v) is 11.2. The van der Waals surface area contributed by atoms with E-state index in [0.29, 0.717) is 6.07 Å². The Kier molecular flexibility index (Phi) is 8.41. The molecule has 3 rings (SSSR count). The molecule has 1 heterocycles. The first kappa shape index (κ1) is 28.9. The zero-order valence-electron chi connectivity index (χ0n) is 20.3. The molecule has 1 aliphatic rings. The number of hydrogen-bond donors (Lipinski definition) is 2. The quantitative estimate of drug-likeness (QED) is 0.489. The molecule has 0 fully saturated rings. The molecule has 2 aromatic carbocycles. The Morgan fingerprint density at radius 1 is 1.13 bits per heavy atom. The predicted octanol–water partition coefficient (Wildman–Crippen LogP) is 4.37. The standard InChI is InChI=1S/C25H20ClF3N4O6/c1-37-19(34)10-18-21(23(35)38-2)20(15(11-30)22(31)39-18)12-4-3-5-13(8-12)33(24(32)36)14-6-7-17(26)16(9-14)25(27,28)29/h3-9,20H,10,31H2,1-2H3,(H2,32,36). The van der Waals surface area contributed by atoms with Crippen molar-refractivity contribution in [1.82, 2.24) is 0 Å². The molecule has 2 amide bonds. The first-order valence-electron chi connectivity index (χ1n) is 10.9. The highest BCUT2D eigenvalue weighted by Gasteiger charge is 2.39. The van der Waals surface area contributed by atoms with Gasteiger partial charge in [0.15, 0.2) is 0 Å². The molecule has 0 aliphatic carbocycles. The minimum absolute atomic E-state index is 0.0171. The number of carbonyl (C=O) groups is 3. The van der Waals surface area contributed by atoms with Crippen LogP contribution in [-0.2, 0) is 30.0 Å². The van der Waals surface area contributed by atoms with Gasteiger partial charge in [0.05, 0.1) is 47.7 Å². The van der Waals surface area contributed by atoms with Crippen LogP contribution in [0.1, 0.15) is 23.5 Å². The zero-order valence-corrected chi connectivity index (χ0v) is 21.1. The van der Waals surface area contributed by atoms with Crippen LogP contribution in [0.4, 0.5) is 29.3 Å². The lowest BCUT2D eigenvalue weighted by Gasteiger charge is -2.28. The van der Waals surface area contributed by atoms with E-state index in [-0.39, 0.29) is 33.8 Å². The van der Waals surface area contributed by atoms with Crippen molar-refractivity contribution in [1.29, 1.82) is 5.26 Å². The monoisotopic (exact) mass is 564 g/mol. The smallest absolute Gasteiger partial charge is 0.417 e. The lowest BCUT2D eigenvalue weighted by atomic mass is 9.82. The van der Waals surface area contributed by atoms with Gasteiger partial charge >= 0.3 is 24.1 Å². The van der Waals surface area contributed by atoms with E-state index >= 15 is 0 Å². The van der Waals surface area contributed by atoms with Crippen LogP contribution >= 0.6 is 11.6 Å². The third-order valence-electron chi connectivity index (χ3n) is 5.63. The number of carbonyl (C=O) groups excluding carboxylic acids is 3. The largest absolute Gasteiger partial charge is 0.469 e. The van der Waals surface area contributed by atoms with Crippen LogP contribution in [0.5, 0.6) is 0 Å². The van der Waals surface area contributed by atoms with Gasteiger partial charge in [0, 0.05) is 0 Å². The molecular weight excluding hydrogens is 545 g/mol. The third kappa shape index (κ3) is 5.91. The summed E-state index contributed by atoms with van der Waals surface area (Å²) in [6.45, 7) is 0. The number of amides is 2. The van der Waals surface area contributed by atoms with Gasteiger partial charge in [0.1, 0.15) is 23.8 Å². The Morgan fingerprint density at radius 2 is 1.79 bits per heavy atom. The summed E-state index contributed by atoms with van der Waals surface area (Å²) in [6.07, 6.45) is -5.35. The summed E-state index contributed by atoms with van der Waals surface area (Å²) in [7, 11) is 2.18. The average molecular weight is 565 g/mol. The number of anilines is 2. The average Bonchev–Trinajstić information content (AvgIpc) is 2.88. The number of nitrogens with two attached hydrogens (primary N) is 2. The van der Waals surface area contributed by atoms with E-state index in [1.54, 1.807) is 0 Å². The number of hydrogen-bond acceptors (Lipinski definition) is 8. The molecule has 0 aromatic heterocycles. The molecule has 0 spiro atoms. The van der Waals surface area contributed by atoms with Crippen molar-refractivity contribution in [3.8, 4) is 6.07 Å². The van der Waals surface area contributed by atoms with Crippen molar-refractivity contribution >= 4 is 40.9 Å². The molecule has 14 heteroatoms. The lowest BCUT2D eigenvalue weighted by Crippen LogP contribution is -2.32. The van der Waals surface area contributed by atoms with Crippen molar-refractivity contribution < 1.29 is 41.8 Å². The van der Waals surface area contributed by atoms with E-state index in [9.17, 15) is 32.8 Å². The van der Waals surface area contributed by atoms with E-state index in [1.807, 2.05) is 6.07 Å². The second-order valence-electron chi connectivity index (χ2n) is 7.94. The van der Waals surface area contributed by atoms with Gasteiger partial charge in [-0.1, -0.05) is 23.7 Å². The fourth-order valence-corrected chi connectivity index (χ4v) is 4.16. The van der Waals surface area contributed by atoms with E-state index in [2.05, 4.69) is 4.74 Å². The van der Waals surface area contributed by atoms with Gasteiger partial charge in [-0.25, -0.2) is 9.59 Å². The molecule has 10 nitrogen and oxygen atoms in total. The topological polar surface area (TPSA) is 158 Å². The Bertz CT molecular complexity index is 1450. The van der Waals surface area contributed by atoms with Crippen molar-refractivity contribution in [3.05, 3.63) is 81.4 Å². The van der Waals surface area contributed by atoms with Gasteiger partial charge in [-0.15, -0.1) is 0 Å². The summed E-state index contributed by atoms with van der Waals surface area (Å²) >= 11 is 5.71. The molecule has 0 radical (unpaired) electrons. The maximum atomic E-state index is 13.5. The zero-order chi connectivity index (χ0) is 29.1. The normalized spacial score (nSPS) is 15.3. The number of primary amides is 1. The van der Waals surface area contributed by atoms with Gasteiger partial charge in [0.2, 0.25) is 5.88 Å². The molecule has 1 unspecified atom stereocenters. The number of benzene rings is 2. The van der Waals surface area contributed by atoms with Crippen LogP contribution in [0.3, 0.4) is 0 Å². The van der Waals surface area contributed by atoms with E-state index in [4.69, 9.17) is 32.5 Å². The number of urea groups is 1. The molecule has 4 N–H and O–H groups in total. The summed E-state index contributed by atoms with van der Waals surface area (Å²) in [4.78, 5) is 38.0. The van der Waals surface area contributed by atoms with E-state index in [0.717, 1.165) is 31.3 Å². The third-order valence-corrected chi connectivity index (χ3v) is 5.96. The molecule has 0 saturated carbocycles. The minimum atomic E-state index is -4.82. The van der Waals surface area contributed by atoms with Gasteiger partial charge in [-0.05, 0) is 35.9 Å². The maximum absolute atomic E-state index is 13.5. The molecule has 1 atom stereocenters. The second kappa shape index (κ2) is 11.4. The summed E-state index contributed by atoms with van der Waals surface area (Å²) in [5.74, 6) is -3.63. The summed E-state index contributed by atoms with van der Waals surface area (Å²) in [6, 6.07) is 9.06. The molecule has 204 valence electrons. The van der Waals surface area contributed by atoms with Crippen molar-refractivity contribution in [2.24, 2.45) is 11.5 Å². The van der Waals surface area contributed by atoms with Crippen molar-refractivity contribution in [3.63, 3.8) is 0 Å². The van der Waals surface area contributed by atoms with E-state index in [1.165, 1.54) is 24.3 Å². The fraction of sp³-hybridized carbons (Fsp3) is 0.200. The molecule has 0 saturated heterocycles. The maximum Gasteiger partial charge on any atom is 0.417 e. The summed E-state index contributed by atoms with van der Waals surface area (Å²) in [5.41, 5.74) is 9.69. The molecule has 0 bridgehead atoms. The molecule has 2 aromatic rings. The fourth-order valence-electron chi connectivity index (χ4n) is 3.94. The number of rotatable bonds is 6. The highest BCUT2D eigenvalue weighted by Crippen LogP contribution is 2.43. The number of esters is 2. The molecule has 39 heavy (non-hydrogen) atoms. The Labute approximate surface area is 224 Å². The number of ether oxygens (including phenoxy) is 3. The van der Waals surface area contributed by atoms with E-state index < -0.39 is 53.0 Å². The number of halogens is 4. The predicted molar refractivity (Wildman–Crippen MR) is 131 cm³/mol. The van der Waals surface area contributed by atoms with Crippen LogP contribution in [0, 0.1) is 11.3 Å². The number of nitrogens with zero attached hydrogens (tertiary/aromatic N) is 2. The highest BCUT2D eigenvalue weighted by atomic mass is 35.5. The van der Waals surface area contributed by atoms with Crippen molar-refractivity contribution in [2.45, 2.75) is 18.5 Å². The van der Waals surface area contributed by atoms with Crippen LogP contribution in [0.25, 0.3) is 0 Å². The lowest BCUT2D eigenvalue weighted by molar-refractivity contribution is -0.140. The van der Waals surface area contributed by atoms with Crippen LogP contribution < -0.4 is 16.4 Å². The minimum Gasteiger partial charge on any atom is -0.469 e. The van der Waals surface area contributed by atoms with Gasteiger partial charge < -0.3 is 25.7 Å². The Balaban J connectivity index is 2.23. The van der Waals surface area contributed by atoms with Gasteiger partial charge in [-0.3, -0.25) is 9.69 Å². The van der Waals surface area contributed by atoms with Crippen LogP contribution in [0.2, 0.25) is 5.02 Å². The highest BCUT2D eigenvalue weighted by molar-refractivity contribution is 6.31. The van der Waals surface area contributed by atoms with Crippen LogP contribution in [-0.4, -0.2) is 32.2 Å². The number of alkyl halides is 3. The number of nitriles is 1. The molecular formula is C25H20ClF3N4O6. The summed E-state index contributed by atoms with van der Waals surface area (Å²) in [5, 5.41) is 9.23. The number of methoxy groups -OCH3 is 2. The summed E-state index contributed by atoms with van der Waals surface area (Å²) < 4.78 is 55.3. The van der Waals surface area contributed by atoms with Crippen molar-refractivity contribution in [2.75, 3.05) is 19.1 Å².